The van der Waals surface area contributed by atoms with E-state index in [1.165, 1.54) is 5.56 Å². The zero-order valence-corrected chi connectivity index (χ0v) is 18.2. The summed E-state index contributed by atoms with van der Waals surface area (Å²) in [7, 11) is 0. The third-order valence-corrected chi connectivity index (χ3v) is 5.96. The van der Waals surface area contributed by atoms with Crippen LogP contribution in [0.2, 0.25) is 0 Å². The molecule has 2 aliphatic rings. The number of carbonyl (C=O) groups is 1. The van der Waals surface area contributed by atoms with E-state index in [1.807, 2.05) is 37.3 Å². The van der Waals surface area contributed by atoms with Gasteiger partial charge in [-0.2, -0.15) is 4.68 Å². The minimum Gasteiger partial charge on any atom is -0.490 e. The maximum Gasteiger partial charge on any atom is 0.248 e. The molecule has 1 atom stereocenters. The molecule has 164 valence electrons. The Hall–Kier alpha value is -3.68. The van der Waals surface area contributed by atoms with E-state index in [2.05, 4.69) is 39.9 Å². The van der Waals surface area contributed by atoms with Crippen LogP contribution in [0.5, 0.6) is 11.5 Å². The first-order chi connectivity index (χ1) is 15.7. The van der Waals surface area contributed by atoms with E-state index in [0.29, 0.717) is 37.1 Å². The lowest BCUT2D eigenvalue weighted by Crippen LogP contribution is -2.31. The first-order valence-electron chi connectivity index (χ1n) is 10.9. The van der Waals surface area contributed by atoms with Gasteiger partial charge in [0.15, 0.2) is 17.3 Å². The van der Waals surface area contributed by atoms with Crippen LogP contribution in [-0.2, 0) is 11.4 Å². The molecule has 1 aliphatic heterocycles. The molecule has 0 saturated heterocycles. The Labute approximate surface area is 186 Å². The number of rotatable bonds is 6. The second-order valence-electron chi connectivity index (χ2n) is 8.00. The molecule has 0 fully saturated rings. The molecule has 0 radical (unpaired) electrons. The van der Waals surface area contributed by atoms with Crippen molar-refractivity contribution in [2.45, 2.75) is 45.8 Å². The summed E-state index contributed by atoms with van der Waals surface area (Å²) in [5.41, 5.74) is 4.82. The maximum absolute atomic E-state index is 12.9. The fraction of sp³-hybridized carbons (Fsp3) is 0.333. The highest BCUT2D eigenvalue weighted by Gasteiger charge is 2.37. The lowest BCUT2D eigenvalue weighted by molar-refractivity contribution is -0.116. The predicted octanol–water partition coefficient (Wildman–Crippen LogP) is 3.98. The number of anilines is 1. The number of benzene rings is 2. The maximum atomic E-state index is 12.9. The number of nitrogens with one attached hydrogen (secondary N) is 1. The lowest BCUT2D eigenvalue weighted by atomic mass is 9.85. The van der Waals surface area contributed by atoms with Crippen LogP contribution in [0.4, 0.5) is 5.95 Å². The molecule has 0 bridgehead atoms. The van der Waals surface area contributed by atoms with Crippen LogP contribution in [-0.4, -0.2) is 32.6 Å². The largest absolute Gasteiger partial charge is 0.490 e. The average molecular weight is 431 g/mol. The molecule has 2 heterocycles. The number of aryl methyl sites for hydroxylation is 1. The molecule has 1 unspecified atom stereocenters. The summed E-state index contributed by atoms with van der Waals surface area (Å²) < 4.78 is 13.7. The molecular weight excluding hydrogens is 406 g/mol. The molecule has 32 heavy (non-hydrogen) atoms. The molecule has 1 N–H and O–H groups in total. The minimum absolute atomic E-state index is 0.128. The molecule has 1 aliphatic carbocycles. The van der Waals surface area contributed by atoms with Crippen LogP contribution in [0.25, 0.3) is 0 Å². The van der Waals surface area contributed by atoms with Gasteiger partial charge in [0.1, 0.15) is 12.6 Å². The van der Waals surface area contributed by atoms with Gasteiger partial charge >= 0.3 is 0 Å². The van der Waals surface area contributed by atoms with Crippen LogP contribution in [0.15, 0.2) is 53.7 Å². The number of tetrazole rings is 1. The number of fused-ring (bicyclic) bond motifs is 1. The Bertz CT molecular complexity index is 1200. The predicted molar refractivity (Wildman–Crippen MR) is 119 cm³/mol. The standard InChI is InChI=1S/C24H25N5O3/c1-3-31-21-13-16(11-12-20(21)32-14-17-8-5-4-7-15(17)2)23-22-18(9-6-10-19(22)30)25-24-26-27-28-29(23)24/h4-5,7-8,11-13,23H,3,6,9-10,14H2,1-2H3,(H,25,26,28). The van der Waals surface area contributed by atoms with Crippen molar-refractivity contribution in [3.63, 3.8) is 0 Å². The number of aromatic nitrogens is 4. The Kier molecular flexibility index (Phi) is 5.34. The van der Waals surface area contributed by atoms with E-state index < -0.39 is 6.04 Å². The van der Waals surface area contributed by atoms with Gasteiger partial charge in [-0.1, -0.05) is 35.4 Å². The van der Waals surface area contributed by atoms with Gasteiger partial charge < -0.3 is 14.8 Å². The van der Waals surface area contributed by atoms with Crippen molar-refractivity contribution in [3.05, 3.63) is 70.4 Å². The number of ether oxygens (including phenoxy) is 2. The van der Waals surface area contributed by atoms with Crippen molar-refractivity contribution in [1.29, 1.82) is 0 Å². The van der Waals surface area contributed by atoms with Gasteiger partial charge in [-0.05, 0) is 65.9 Å². The molecule has 8 heteroatoms. The van der Waals surface area contributed by atoms with Crippen molar-refractivity contribution in [3.8, 4) is 11.5 Å². The van der Waals surface area contributed by atoms with Crippen molar-refractivity contribution in [1.82, 2.24) is 20.2 Å². The first kappa shape index (κ1) is 20.2. The summed E-state index contributed by atoms with van der Waals surface area (Å²) in [5.74, 6) is 1.97. The van der Waals surface area contributed by atoms with E-state index in [-0.39, 0.29) is 5.78 Å². The van der Waals surface area contributed by atoms with Crippen molar-refractivity contribution in [2.75, 3.05) is 11.9 Å². The molecule has 1 aromatic heterocycles. The lowest BCUT2D eigenvalue weighted by Gasteiger charge is -2.31. The number of ketones is 1. The summed E-state index contributed by atoms with van der Waals surface area (Å²) in [6.07, 6.45) is 2.17. The molecule has 2 aromatic carbocycles. The monoisotopic (exact) mass is 431 g/mol. The Balaban J connectivity index is 1.51. The van der Waals surface area contributed by atoms with Gasteiger partial charge in [0.05, 0.1) is 6.61 Å². The SMILES string of the molecule is CCOc1cc(C2C3=C(CCCC3=O)Nc3nnnn32)ccc1OCc1ccccc1C. The first-order valence-corrected chi connectivity index (χ1v) is 10.9. The molecule has 0 spiro atoms. The van der Waals surface area contributed by atoms with Crippen LogP contribution in [0.1, 0.15) is 48.9 Å². The molecule has 3 aromatic rings. The molecule has 8 nitrogen and oxygen atoms in total. The van der Waals surface area contributed by atoms with Crippen LogP contribution < -0.4 is 14.8 Å². The highest BCUT2D eigenvalue weighted by Crippen LogP contribution is 2.41. The number of hydrogen-bond acceptors (Lipinski definition) is 7. The zero-order chi connectivity index (χ0) is 22.1. The summed E-state index contributed by atoms with van der Waals surface area (Å²) in [5, 5.41) is 15.3. The Morgan fingerprint density at radius 1 is 1.12 bits per heavy atom. The van der Waals surface area contributed by atoms with Crippen LogP contribution in [0, 0.1) is 6.92 Å². The topological polar surface area (TPSA) is 91.2 Å². The van der Waals surface area contributed by atoms with Gasteiger partial charge in [0, 0.05) is 17.7 Å². The highest BCUT2D eigenvalue weighted by atomic mass is 16.5. The van der Waals surface area contributed by atoms with Gasteiger partial charge in [0.25, 0.3) is 0 Å². The molecule has 0 saturated carbocycles. The fourth-order valence-electron chi connectivity index (χ4n) is 4.34. The zero-order valence-electron chi connectivity index (χ0n) is 18.2. The normalized spacial score (nSPS) is 17.4. The summed E-state index contributed by atoms with van der Waals surface area (Å²) >= 11 is 0. The van der Waals surface area contributed by atoms with Crippen molar-refractivity contribution < 1.29 is 14.3 Å². The number of Topliss-reactive ketones (excluding diaryl/α,β-unsaturated/α-hetero) is 1. The Morgan fingerprint density at radius 3 is 2.84 bits per heavy atom. The number of nitrogens with zero attached hydrogens (tertiary/aromatic N) is 4. The van der Waals surface area contributed by atoms with E-state index in [9.17, 15) is 4.79 Å². The van der Waals surface area contributed by atoms with Crippen molar-refractivity contribution >= 4 is 11.7 Å². The van der Waals surface area contributed by atoms with E-state index in [1.54, 1.807) is 4.68 Å². The summed E-state index contributed by atoms with van der Waals surface area (Å²) in [6, 6.07) is 13.5. The second-order valence-corrected chi connectivity index (χ2v) is 8.00. The Morgan fingerprint density at radius 2 is 2.00 bits per heavy atom. The van der Waals surface area contributed by atoms with Crippen LogP contribution in [0.3, 0.4) is 0 Å². The third-order valence-electron chi connectivity index (χ3n) is 5.96. The minimum atomic E-state index is -0.395. The molecule has 0 amide bonds. The number of hydrogen-bond donors (Lipinski definition) is 1. The van der Waals surface area contributed by atoms with Gasteiger partial charge in [-0.15, -0.1) is 0 Å². The van der Waals surface area contributed by atoms with Gasteiger partial charge in [-0.25, -0.2) is 0 Å². The van der Waals surface area contributed by atoms with E-state index >= 15 is 0 Å². The second kappa shape index (κ2) is 8.45. The molecule has 5 rings (SSSR count). The highest BCUT2D eigenvalue weighted by molar-refractivity contribution is 5.99. The third kappa shape index (κ3) is 3.62. The average Bonchev–Trinajstić information content (AvgIpc) is 3.26. The van der Waals surface area contributed by atoms with Gasteiger partial charge in [0.2, 0.25) is 5.95 Å². The summed E-state index contributed by atoms with van der Waals surface area (Å²) in [6.45, 7) is 4.95. The van der Waals surface area contributed by atoms with E-state index in [0.717, 1.165) is 35.2 Å². The number of allylic oxidation sites excluding steroid dienone is 2. The van der Waals surface area contributed by atoms with Gasteiger partial charge in [-0.3, -0.25) is 4.79 Å². The number of carbonyl (C=O) groups excluding carboxylic acids is 1. The quantitative estimate of drug-likeness (QED) is 0.631. The molecular formula is C24H25N5O3. The smallest absolute Gasteiger partial charge is 0.248 e. The van der Waals surface area contributed by atoms with Crippen LogP contribution >= 0.6 is 0 Å². The van der Waals surface area contributed by atoms with E-state index in [4.69, 9.17) is 9.47 Å². The van der Waals surface area contributed by atoms with Crippen molar-refractivity contribution in [2.24, 2.45) is 0 Å². The fourth-order valence-corrected chi connectivity index (χ4v) is 4.34. The summed E-state index contributed by atoms with van der Waals surface area (Å²) in [4.78, 5) is 12.9.